The van der Waals surface area contributed by atoms with Crippen LogP contribution in [0.5, 0.6) is 0 Å². The summed E-state index contributed by atoms with van der Waals surface area (Å²) in [6.45, 7) is 4.70. The van der Waals surface area contributed by atoms with Gasteiger partial charge in [-0.3, -0.25) is 0 Å². The van der Waals surface area contributed by atoms with E-state index in [0.717, 1.165) is 25.9 Å². The van der Waals surface area contributed by atoms with Crippen molar-refractivity contribution in [3.8, 4) is 0 Å². The highest BCUT2D eigenvalue weighted by molar-refractivity contribution is 4.54. The minimum Gasteiger partial charge on any atom is -0.393 e. The Morgan fingerprint density at radius 1 is 0.889 bits per heavy atom. The van der Waals surface area contributed by atoms with Crippen molar-refractivity contribution in [3.63, 3.8) is 0 Å². The maximum atomic E-state index is 12.7. The van der Waals surface area contributed by atoms with E-state index in [9.17, 15) is 4.39 Å². The standard InChI is InChI=1S/C15H31FO2/c1-14(2)18-12-10-8-6-4-3-5-7-9-11-15(16)13-17/h14-15,17H,3-13H2,1-2H3. The average Bonchev–Trinajstić information content (AvgIpc) is 2.35. The SMILES string of the molecule is CC(C)OCCCCCCCCCCC(F)CO. The molecule has 0 aromatic carbocycles. The monoisotopic (exact) mass is 262 g/mol. The Kier molecular flexibility index (Phi) is 13.2. The van der Waals surface area contributed by atoms with E-state index in [4.69, 9.17) is 9.84 Å². The molecule has 0 heterocycles. The van der Waals surface area contributed by atoms with Crippen LogP contribution in [-0.4, -0.2) is 30.6 Å². The summed E-state index contributed by atoms with van der Waals surface area (Å²) in [7, 11) is 0. The van der Waals surface area contributed by atoms with Crippen LogP contribution in [-0.2, 0) is 4.74 Å². The van der Waals surface area contributed by atoms with Crippen LogP contribution in [0.25, 0.3) is 0 Å². The van der Waals surface area contributed by atoms with Crippen molar-refractivity contribution in [2.75, 3.05) is 13.2 Å². The van der Waals surface area contributed by atoms with E-state index in [2.05, 4.69) is 13.8 Å². The summed E-state index contributed by atoms with van der Waals surface area (Å²) in [5.74, 6) is 0. The van der Waals surface area contributed by atoms with E-state index < -0.39 is 6.17 Å². The van der Waals surface area contributed by atoms with Crippen molar-refractivity contribution < 1.29 is 14.2 Å². The summed E-state index contributed by atoms with van der Waals surface area (Å²) >= 11 is 0. The van der Waals surface area contributed by atoms with E-state index in [1.807, 2.05) is 0 Å². The Morgan fingerprint density at radius 3 is 1.89 bits per heavy atom. The smallest absolute Gasteiger partial charge is 0.123 e. The van der Waals surface area contributed by atoms with Gasteiger partial charge in [0.05, 0.1) is 12.7 Å². The van der Waals surface area contributed by atoms with Crippen molar-refractivity contribution in [2.45, 2.75) is 83.9 Å². The fourth-order valence-corrected chi connectivity index (χ4v) is 1.94. The first-order chi connectivity index (χ1) is 8.66. The zero-order valence-corrected chi connectivity index (χ0v) is 12.2. The lowest BCUT2D eigenvalue weighted by molar-refractivity contribution is 0.0756. The molecule has 0 amide bonds. The van der Waals surface area contributed by atoms with Gasteiger partial charge in [-0.05, 0) is 26.7 Å². The molecule has 3 heteroatoms. The summed E-state index contributed by atoms with van der Waals surface area (Å²) in [4.78, 5) is 0. The molecule has 0 aliphatic rings. The summed E-state index contributed by atoms with van der Waals surface area (Å²) in [5, 5.41) is 8.53. The van der Waals surface area contributed by atoms with Crippen molar-refractivity contribution in [2.24, 2.45) is 0 Å². The van der Waals surface area contributed by atoms with Gasteiger partial charge in [-0.25, -0.2) is 4.39 Å². The number of alkyl halides is 1. The van der Waals surface area contributed by atoms with Crippen LogP contribution >= 0.6 is 0 Å². The zero-order valence-electron chi connectivity index (χ0n) is 12.2. The second kappa shape index (κ2) is 13.3. The quantitative estimate of drug-likeness (QED) is 0.503. The molecule has 0 aliphatic heterocycles. The minimum atomic E-state index is -1.01. The van der Waals surface area contributed by atoms with Crippen LogP contribution < -0.4 is 0 Å². The van der Waals surface area contributed by atoms with Crippen molar-refractivity contribution in [1.82, 2.24) is 0 Å². The third-order valence-corrected chi connectivity index (χ3v) is 3.06. The molecule has 0 rings (SSSR count). The predicted molar refractivity (Wildman–Crippen MR) is 74.6 cm³/mol. The van der Waals surface area contributed by atoms with Gasteiger partial charge in [0.2, 0.25) is 0 Å². The number of unbranched alkanes of at least 4 members (excludes halogenated alkanes) is 7. The normalized spacial score (nSPS) is 13.2. The van der Waals surface area contributed by atoms with Crippen LogP contribution in [0.15, 0.2) is 0 Å². The lowest BCUT2D eigenvalue weighted by atomic mass is 10.1. The van der Waals surface area contributed by atoms with Crippen LogP contribution in [0, 0.1) is 0 Å². The van der Waals surface area contributed by atoms with E-state index in [1.54, 1.807) is 0 Å². The number of aliphatic hydroxyl groups excluding tert-OH is 1. The average molecular weight is 262 g/mol. The molecule has 0 saturated heterocycles. The van der Waals surface area contributed by atoms with Crippen LogP contribution in [0.3, 0.4) is 0 Å². The number of halogens is 1. The molecule has 110 valence electrons. The largest absolute Gasteiger partial charge is 0.393 e. The molecule has 0 saturated carbocycles. The van der Waals surface area contributed by atoms with E-state index >= 15 is 0 Å². The van der Waals surface area contributed by atoms with Gasteiger partial charge < -0.3 is 9.84 Å². The van der Waals surface area contributed by atoms with Crippen molar-refractivity contribution in [3.05, 3.63) is 0 Å². The molecular formula is C15H31FO2. The molecule has 0 spiro atoms. The first-order valence-electron chi connectivity index (χ1n) is 7.53. The molecule has 2 nitrogen and oxygen atoms in total. The first-order valence-corrected chi connectivity index (χ1v) is 7.53. The summed E-state index contributed by atoms with van der Waals surface area (Å²) in [6.07, 6.45) is 9.28. The fourth-order valence-electron chi connectivity index (χ4n) is 1.94. The maximum absolute atomic E-state index is 12.7. The Bertz CT molecular complexity index is 163. The molecule has 1 unspecified atom stereocenters. The van der Waals surface area contributed by atoms with Crippen molar-refractivity contribution >= 4 is 0 Å². The van der Waals surface area contributed by atoms with Gasteiger partial charge in [-0.1, -0.05) is 44.9 Å². The molecule has 0 fully saturated rings. The van der Waals surface area contributed by atoms with Crippen molar-refractivity contribution in [1.29, 1.82) is 0 Å². The highest BCUT2D eigenvalue weighted by Gasteiger charge is 2.02. The predicted octanol–water partition coefficient (Wildman–Crippen LogP) is 4.25. The van der Waals surface area contributed by atoms with Gasteiger partial charge >= 0.3 is 0 Å². The molecule has 0 radical (unpaired) electrons. The van der Waals surface area contributed by atoms with Gasteiger partial charge in [-0.15, -0.1) is 0 Å². The maximum Gasteiger partial charge on any atom is 0.123 e. The molecule has 1 N–H and O–H groups in total. The van der Waals surface area contributed by atoms with Gasteiger partial charge in [0.1, 0.15) is 6.17 Å². The van der Waals surface area contributed by atoms with E-state index in [0.29, 0.717) is 12.5 Å². The molecular weight excluding hydrogens is 231 g/mol. The topological polar surface area (TPSA) is 29.5 Å². The number of hydrogen-bond acceptors (Lipinski definition) is 2. The number of rotatable bonds is 13. The third-order valence-electron chi connectivity index (χ3n) is 3.06. The zero-order chi connectivity index (χ0) is 13.6. The van der Waals surface area contributed by atoms with Gasteiger partial charge in [0, 0.05) is 6.61 Å². The molecule has 0 aliphatic carbocycles. The Morgan fingerprint density at radius 2 is 1.39 bits per heavy atom. The summed E-state index contributed by atoms with van der Waals surface area (Å²) in [6, 6.07) is 0. The molecule has 18 heavy (non-hydrogen) atoms. The molecule has 1 atom stereocenters. The molecule has 0 aromatic heterocycles. The number of aliphatic hydroxyl groups is 1. The van der Waals surface area contributed by atoms with E-state index in [-0.39, 0.29) is 6.61 Å². The summed E-state index contributed by atoms with van der Waals surface area (Å²) in [5.41, 5.74) is 0. The fraction of sp³-hybridized carbons (Fsp3) is 1.00. The van der Waals surface area contributed by atoms with Crippen LogP contribution in [0.1, 0.15) is 71.6 Å². The van der Waals surface area contributed by atoms with Gasteiger partial charge in [0.25, 0.3) is 0 Å². The lowest BCUT2D eigenvalue weighted by Gasteiger charge is -2.07. The van der Waals surface area contributed by atoms with Gasteiger partial charge in [-0.2, -0.15) is 0 Å². The Hall–Kier alpha value is -0.150. The summed E-state index contributed by atoms with van der Waals surface area (Å²) < 4.78 is 18.2. The molecule has 0 aromatic rings. The second-order valence-corrected chi connectivity index (χ2v) is 5.32. The first kappa shape index (κ1) is 17.8. The van der Waals surface area contributed by atoms with Crippen LogP contribution in [0.4, 0.5) is 4.39 Å². The molecule has 0 bridgehead atoms. The second-order valence-electron chi connectivity index (χ2n) is 5.32. The third kappa shape index (κ3) is 13.9. The Labute approximate surface area is 112 Å². The minimum absolute atomic E-state index is 0.321. The Balaban J connectivity index is 2.99. The van der Waals surface area contributed by atoms with Gasteiger partial charge in [0.15, 0.2) is 0 Å². The number of ether oxygens (including phenoxy) is 1. The highest BCUT2D eigenvalue weighted by Crippen LogP contribution is 2.11. The number of hydrogen-bond donors (Lipinski definition) is 1. The van der Waals surface area contributed by atoms with Crippen LogP contribution in [0.2, 0.25) is 0 Å². The lowest BCUT2D eigenvalue weighted by Crippen LogP contribution is -2.05. The highest BCUT2D eigenvalue weighted by atomic mass is 19.1. The van der Waals surface area contributed by atoms with E-state index in [1.165, 1.54) is 32.1 Å².